The van der Waals surface area contributed by atoms with Crippen molar-refractivity contribution in [1.82, 2.24) is 0 Å². The predicted molar refractivity (Wildman–Crippen MR) is 291 cm³/mol. The van der Waals surface area contributed by atoms with E-state index in [2.05, 4.69) is 205 Å². The van der Waals surface area contributed by atoms with Gasteiger partial charge in [0.15, 0.2) is 8.07 Å². The first-order valence-electron chi connectivity index (χ1n) is 22.5. The van der Waals surface area contributed by atoms with E-state index in [4.69, 9.17) is 0 Å². The van der Waals surface area contributed by atoms with Crippen LogP contribution in [0.2, 0.25) is 118 Å². The third kappa shape index (κ3) is 10.7. The van der Waals surface area contributed by atoms with E-state index in [-0.39, 0.29) is 58.9 Å². The third-order valence-corrected chi connectivity index (χ3v) is 33.2. The van der Waals surface area contributed by atoms with E-state index in [0.717, 1.165) is 0 Å². The zero-order chi connectivity index (χ0) is 45.2. The summed E-state index contributed by atoms with van der Waals surface area (Å²) in [6, 6.07) is 8.39. The molecule has 4 aromatic rings. The van der Waals surface area contributed by atoms with Crippen molar-refractivity contribution in [3.05, 3.63) is 73.8 Å². The van der Waals surface area contributed by atoms with Gasteiger partial charge in [-0.05, 0) is 57.1 Å². The molecule has 0 aromatic heterocycles. The molecule has 0 heterocycles. The van der Waals surface area contributed by atoms with Gasteiger partial charge in [-0.15, -0.1) is 0 Å². The molecule has 4 rings (SSSR count). The Hall–Kier alpha value is 0.112. The van der Waals surface area contributed by atoms with Gasteiger partial charge in [0.2, 0.25) is 0 Å². The number of aryl methyl sites for hydroxylation is 3. The first-order chi connectivity index (χ1) is 25.8. The molecule has 11 heteroatoms. The van der Waals surface area contributed by atoms with E-state index in [0.29, 0.717) is 0 Å². The van der Waals surface area contributed by atoms with Gasteiger partial charge < -0.3 is 37.2 Å². The minimum absolute atomic E-state index is 0. The molecule has 0 spiro atoms. The molecular weight excluding hydrogens is 963 g/mol. The van der Waals surface area contributed by atoms with Gasteiger partial charge in [-0.25, -0.2) is 0 Å². The minimum Gasteiger partial charge on any atom is -1.00 e. The summed E-state index contributed by atoms with van der Waals surface area (Å²) in [4.78, 5) is 0. The summed E-state index contributed by atoms with van der Waals surface area (Å²) in [5.74, 6) is 0. The predicted octanol–water partition coefficient (Wildman–Crippen LogP) is 0.148. The number of benzene rings is 3. The zero-order valence-electron chi connectivity index (χ0n) is 44.9. The molecule has 4 aromatic carbocycles. The Bertz CT molecular complexity index is 2060. The third-order valence-electron chi connectivity index (χ3n) is 13.9. The molecule has 0 radical (unpaired) electrons. The van der Waals surface area contributed by atoms with Crippen molar-refractivity contribution in [2.75, 3.05) is 0 Å². The first-order valence-corrected chi connectivity index (χ1v) is 45.5. The Labute approximate surface area is 424 Å². The van der Waals surface area contributed by atoms with E-state index in [1.807, 2.05) is 15.6 Å². The van der Waals surface area contributed by atoms with E-state index < -0.39 is 56.5 Å². The summed E-state index contributed by atoms with van der Waals surface area (Å²) in [6.45, 7) is 73.0. The van der Waals surface area contributed by atoms with Crippen LogP contribution in [0.15, 0.2) is 18.2 Å². The smallest absolute Gasteiger partial charge is 1.00 e. The second kappa shape index (κ2) is 20.0. The molecule has 0 unspecified atom stereocenters. The molecule has 344 valence electrons. The average Bonchev–Trinajstić information content (AvgIpc) is 3.17. The van der Waals surface area contributed by atoms with Crippen LogP contribution < -0.4 is 89.1 Å². The van der Waals surface area contributed by atoms with Gasteiger partial charge >= 0.3 is 21.7 Å². The van der Waals surface area contributed by atoms with Crippen LogP contribution in [0.25, 0.3) is 0 Å². The molecule has 0 amide bonds. The van der Waals surface area contributed by atoms with Crippen molar-refractivity contribution in [2.24, 2.45) is 0 Å². The summed E-state index contributed by atoms with van der Waals surface area (Å²) in [5.41, 5.74) is 15.8. The van der Waals surface area contributed by atoms with Crippen LogP contribution >= 0.6 is 0 Å². The summed E-state index contributed by atoms with van der Waals surface area (Å²) in [6.07, 6.45) is 0. The summed E-state index contributed by atoms with van der Waals surface area (Å²) < 4.78 is 0. The first kappa shape index (κ1) is 62.1. The molecule has 0 aliphatic rings. The van der Waals surface area contributed by atoms with E-state index >= 15 is 0 Å². The van der Waals surface area contributed by atoms with E-state index in [1.54, 1.807) is 80.8 Å². The van der Waals surface area contributed by atoms with Crippen LogP contribution in [-0.4, -0.2) is 56.5 Å². The molecule has 0 aliphatic heterocycles. The van der Waals surface area contributed by atoms with Crippen LogP contribution in [0.4, 0.5) is 0 Å². The Morgan fingerprint density at radius 1 is 0.323 bits per heavy atom. The largest absolute Gasteiger partial charge is 4.00 e. The maximum atomic E-state index is 2.80. The molecule has 0 N–H and O–H groups in total. The molecular formula is C51H87Cl3Si7Ti. The standard InChI is InChI=1S/C51H87Si7.3ClH.Ti/c1-32-29-42(52(11,12)13)49(39(8)45(32)55(20,21)22)58(48-37(6)35(4)36(5)38(48)7,50-40(9)46(56(23,24)25)33(2)30-43(50)53(14,15)16)51-41(10)47(57(26,27)28)34(3)31-44(51)54(17,18)19;;;;/h29-31H,1-28H3;3*1H;/q-1;;;;+4/p-3. The molecule has 0 atom stereocenters. The fourth-order valence-corrected chi connectivity index (χ4v) is 36.4. The summed E-state index contributed by atoms with van der Waals surface area (Å²) in [5, 5.41) is 17.5. The number of rotatable bonds is 10. The van der Waals surface area contributed by atoms with Crippen molar-refractivity contribution in [3.8, 4) is 0 Å². The SMILES string of the molecule is Cc1cc([Si](C)(C)C)c([Si](c2c([Si](C)(C)C)cc(C)c([Si](C)(C)C)c2C)(c2c([Si](C)(C)C)cc(C)c([Si](C)(C)C)c2C)c2c(C)c(C)c(C)[c-]2C)c(C)c1[Si](C)(C)C.[Cl-].[Cl-].[Cl-].[Ti+4]. The molecule has 62 heavy (non-hydrogen) atoms. The quantitative estimate of drug-likeness (QED) is 0.121. The van der Waals surface area contributed by atoms with Crippen molar-refractivity contribution in [1.29, 1.82) is 0 Å². The van der Waals surface area contributed by atoms with Crippen molar-refractivity contribution < 1.29 is 58.9 Å². The van der Waals surface area contributed by atoms with Gasteiger partial charge in [-0.3, -0.25) is 0 Å². The van der Waals surface area contributed by atoms with Gasteiger partial charge in [0.25, 0.3) is 0 Å². The average molecular weight is 1050 g/mol. The fourth-order valence-electron chi connectivity index (χ4n) is 12.2. The summed E-state index contributed by atoms with van der Waals surface area (Å²) >= 11 is 0. The summed E-state index contributed by atoms with van der Waals surface area (Å²) in [7, 11) is -14.5. The maximum Gasteiger partial charge on any atom is 4.00 e. The zero-order valence-corrected chi connectivity index (χ0v) is 55.7. The van der Waals surface area contributed by atoms with Crippen molar-refractivity contribution >= 4 is 108 Å². The number of hydrogen-bond donors (Lipinski definition) is 0. The van der Waals surface area contributed by atoms with E-state index in [9.17, 15) is 0 Å². The normalized spacial score (nSPS) is 13.0. The second-order valence-electron chi connectivity index (χ2n) is 25.0. The van der Waals surface area contributed by atoms with Crippen LogP contribution in [-0.2, 0) is 21.7 Å². The Morgan fingerprint density at radius 2 is 0.548 bits per heavy atom. The van der Waals surface area contributed by atoms with Gasteiger partial charge in [-0.2, -0.15) is 27.4 Å². The van der Waals surface area contributed by atoms with Gasteiger partial charge in [0.05, 0.1) is 48.4 Å². The monoisotopic (exact) mass is 1050 g/mol. The molecule has 0 saturated carbocycles. The van der Waals surface area contributed by atoms with Gasteiger partial charge in [-0.1, -0.05) is 228 Å². The van der Waals surface area contributed by atoms with Crippen LogP contribution in [0, 0.1) is 69.2 Å². The topological polar surface area (TPSA) is 0 Å². The minimum atomic E-state index is -3.22. The molecule has 0 aliphatic carbocycles. The molecule has 0 saturated heterocycles. The number of halogens is 3. The Kier molecular flexibility index (Phi) is 20.0. The fraction of sp³-hybridized carbons (Fsp3) is 0.549. The van der Waals surface area contributed by atoms with Gasteiger partial charge in [0, 0.05) is 0 Å². The van der Waals surface area contributed by atoms with Crippen LogP contribution in [0.1, 0.15) is 55.6 Å². The molecule has 0 bridgehead atoms. The molecule has 0 nitrogen and oxygen atoms in total. The van der Waals surface area contributed by atoms with Gasteiger partial charge in [0.1, 0.15) is 0 Å². The Morgan fingerprint density at radius 3 is 0.710 bits per heavy atom. The molecule has 0 fully saturated rings. The maximum absolute atomic E-state index is 3.22. The van der Waals surface area contributed by atoms with Crippen molar-refractivity contribution in [3.63, 3.8) is 0 Å². The second-order valence-corrected chi connectivity index (χ2v) is 58.6. The Balaban J connectivity index is 0.00000930. The van der Waals surface area contributed by atoms with E-state index in [1.165, 1.54) is 11.1 Å². The van der Waals surface area contributed by atoms with Crippen molar-refractivity contribution in [2.45, 2.75) is 187 Å². The number of hydrogen-bond acceptors (Lipinski definition) is 0. The van der Waals surface area contributed by atoms with Crippen LogP contribution in [0.5, 0.6) is 0 Å². The van der Waals surface area contributed by atoms with Crippen LogP contribution in [0.3, 0.4) is 0 Å².